The molecule has 0 aromatic carbocycles. The number of thiophene rings is 1. The van der Waals surface area contributed by atoms with Crippen LogP contribution in [0.3, 0.4) is 0 Å². The molecule has 0 aliphatic rings. The summed E-state index contributed by atoms with van der Waals surface area (Å²) in [7, 11) is 1.43. The van der Waals surface area contributed by atoms with Gasteiger partial charge in [0.05, 0.1) is 10.9 Å². The van der Waals surface area contributed by atoms with E-state index in [4.69, 9.17) is 11.6 Å². The van der Waals surface area contributed by atoms with E-state index in [1.807, 2.05) is 0 Å². The zero-order valence-corrected chi connectivity index (χ0v) is 9.01. The van der Waals surface area contributed by atoms with E-state index in [0.717, 1.165) is 4.88 Å². The third kappa shape index (κ3) is 4.30. The standard InChI is InChI=1S/C8H9ClF3NS/c1-13(5-8(10,11)12)4-6-2-3-7(9)14-6/h2-3H,4-5H2,1H3. The summed E-state index contributed by atoms with van der Waals surface area (Å²) in [6.07, 6.45) is -4.14. The maximum atomic E-state index is 11.9. The maximum absolute atomic E-state index is 11.9. The topological polar surface area (TPSA) is 3.24 Å². The molecule has 14 heavy (non-hydrogen) atoms. The van der Waals surface area contributed by atoms with Crippen molar-refractivity contribution in [2.75, 3.05) is 13.6 Å². The second-order valence-electron chi connectivity index (χ2n) is 2.99. The van der Waals surface area contributed by atoms with Crippen LogP contribution in [-0.4, -0.2) is 24.7 Å². The molecule has 0 saturated carbocycles. The van der Waals surface area contributed by atoms with Crippen molar-refractivity contribution < 1.29 is 13.2 Å². The Kier molecular flexibility index (Phi) is 3.80. The summed E-state index contributed by atoms with van der Waals surface area (Å²) in [5.41, 5.74) is 0. The predicted molar refractivity (Wildman–Crippen MR) is 51.7 cm³/mol. The fourth-order valence-electron chi connectivity index (χ4n) is 1.06. The minimum absolute atomic E-state index is 0.275. The first-order chi connectivity index (χ1) is 6.37. The predicted octanol–water partition coefficient (Wildman–Crippen LogP) is 3.40. The van der Waals surface area contributed by atoms with Crippen molar-refractivity contribution in [1.29, 1.82) is 0 Å². The Balaban J connectivity index is 2.45. The number of rotatable bonds is 3. The third-order valence-electron chi connectivity index (χ3n) is 1.50. The van der Waals surface area contributed by atoms with Crippen molar-refractivity contribution in [3.05, 3.63) is 21.3 Å². The largest absolute Gasteiger partial charge is 0.401 e. The molecule has 0 N–H and O–H groups in total. The Morgan fingerprint density at radius 1 is 1.43 bits per heavy atom. The van der Waals surface area contributed by atoms with Crippen LogP contribution in [0.4, 0.5) is 13.2 Å². The zero-order chi connectivity index (χ0) is 10.8. The van der Waals surface area contributed by atoms with E-state index in [1.165, 1.54) is 23.3 Å². The van der Waals surface area contributed by atoms with Crippen LogP contribution in [0.25, 0.3) is 0 Å². The first-order valence-electron chi connectivity index (χ1n) is 3.86. The number of hydrogen-bond acceptors (Lipinski definition) is 2. The Bertz CT molecular complexity index is 297. The lowest BCUT2D eigenvalue weighted by atomic mass is 10.4. The second kappa shape index (κ2) is 4.51. The van der Waals surface area contributed by atoms with Crippen LogP contribution in [0.1, 0.15) is 4.88 Å². The van der Waals surface area contributed by atoms with Crippen LogP contribution in [0.5, 0.6) is 0 Å². The van der Waals surface area contributed by atoms with Gasteiger partial charge in [-0.1, -0.05) is 11.6 Å². The van der Waals surface area contributed by atoms with Gasteiger partial charge in [-0.2, -0.15) is 13.2 Å². The lowest BCUT2D eigenvalue weighted by Gasteiger charge is -2.17. The van der Waals surface area contributed by atoms with Crippen molar-refractivity contribution in [3.63, 3.8) is 0 Å². The van der Waals surface area contributed by atoms with E-state index in [2.05, 4.69) is 0 Å². The second-order valence-corrected chi connectivity index (χ2v) is 4.79. The van der Waals surface area contributed by atoms with Crippen LogP contribution in [-0.2, 0) is 6.54 Å². The molecule has 1 aromatic heterocycles. The van der Waals surface area contributed by atoms with Gasteiger partial charge in [-0.15, -0.1) is 11.3 Å². The summed E-state index contributed by atoms with van der Waals surface area (Å²) < 4.78 is 36.4. The molecule has 6 heteroatoms. The van der Waals surface area contributed by atoms with Crippen LogP contribution in [0, 0.1) is 0 Å². The SMILES string of the molecule is CN(Cc1ccc(Cl)s1)CC(F)(F)F. The average Bonchev–Trinajstić information content (AvgIpc) is 2.30. The summed E-state index contributed by atoms with van der Waals surface area (Å²) in [4.78, 5) is 2.05. The molecular formula is C8H9ClF3NS. The van der Waals surface area contributed by atoms with Gasteiger partial charge in [-0.25, -0.2) is 0 Å². The number of halogens is 4. The zero-order valence-electron chi connectivity index (χ0n) is 7.44. The molecule has 0 bridgehead atoms. The molecule has 1 heterocycles. The Morgan fingerprint density at radius 3 is 2.50 bits per heavy atom. The fraction of sp³-hybridized carbons (Fsp3) is 0.500. The molecule has 0 saturated heterocycles. The number of alkyl halides is 3. The highest BCUT2D eigenvalue weighted by Gasteiger charge is 2.29. The summed E-state index contributed by atoms with van der Waals surface area (Å²) in [6.45, 7) is -0.626. The molecule has 0 aliphatic carbocycles. The van der Waals surface area contributed by atoms with Gasteiger partial charge in [0, 0.05) is 11.4 Å². The normalized spacial score (nSPS) is 12.4. The molecule has 80 valence electrons. The fourth-order valence-corrected chi connectivity index (χ4v) is 2.23. The quantitative estimate of drug-likeness (QED) is 0.787. The first kappa shape index (κ1) is 11.8. The van der Waals surface area contributed by atoms with Gasteiger partial charge < -0.3 is 0 Å². The average molecular weight is 244 g/mol. The van der Waals surface area contributed by atoms with E-state index in [0.29, 0.717) is 4.34 Å². The van der Waals surface area contributed by atoms with Gasteiger partial charge in [0.1, 0.15) is 0 Å². The summed E-state index contributed by atoms with van der Waals surface area (Å²) in [5, 5.41) is 0. The van der Waals surface area contributed by atoms with Crippen molar-refractivity contribution in [2.24, 2.45) is 0 Å². The van der Waals surface area contributed by atoms with Crippen molar-refractivity contribution >= 4 is 22.9 Å². The van der Waals surface area contributed by atoms with E-state index in [9.17, 15) is 13.2 Å². The number of nitrogens with zero attached hydrogens (tertiary/aromatic N) is 1. The van der Waals surface area contributed by atoms with Gasteiger partial charge in [-0.3, -0.25) is 4.90 Å². The van der Waals surface area contributed by atoms with Gasteiger partial charge in [0.25, 0.3) is 0 Å². The molecule has 1 nitrogen and oxygen atoms in total. The highest BCUT2D eigenvalue weighted by Crippen LogP contribution is 2.23. The maximum Gasteiger partial charge on any atom is 0.401 e. The van der Waals surface area contributed by atoms with Gasteiger partial charge in [0.15, 0.2) is 0 Å². The van der Waals surface area contributed by atoms with Crippen LogP contribution in [0.2, 0.25) is 4.34 Å². The minimum Gasteiger partial charge on any atom is -0.293 e. The molecular weight excluding hydrogens is 235 g/mol. The monoisotopic (exact) mass is 243 g/mol. The molecule has 0 unspecified atom stereocenters. The first-order valence-corrected chi connectivity index (χ1v) is 5.06. The van der Waals surface area contributed by atoms with E-state index >= 15 is 0 Å². The van der Waals surface area contributed by atoms with Crippen molar-refractivity contribution in [2.45, 2.75) is 12.7 Å². The Hall–Kier alpha value is -0.260. The van der Waals surface area contributed by atoms with Gasteiger partial charge in [-0.05, 0) is 19.2 Å². The molecule has 0 aliphatic heterocycles. The number of hydrogen-bond donors (Lipinski definition) is 0. The molecule has 1 rings (SSSR count). The van der Waals surface area contributed by atoms with E-state index < -0.39 is 12.7 Å². The molecule has 1 aromatic rings. The molecule has 0 atom stereocenters. The highest BCUT2D eigenvalue weighted by atomic mass is 35.5. The highest BCUT2D eigenvalue weighted by molar-refractivity contribution is 7.16. The van der Waals surface area contributed by atoms with E-state index in [1.54, 1.807) is 12.1 Å². The van der Waals surface area contributed by atoms with Crippen LogP contribution in [0.15, 0.2) is 12.1 Å². The minimum atomic E-state index is -4.14. The molecule has 0 spiro atoms. The molecule has 0 fully saturated rings. The van der Waals surface area contributed by atoms with Crippen LogP contribution < -0.4 is 0 Å². The summed E-state index contributed by atoms with van der Waals surface area (Å²) in [5.74, 6) is 0. The van der Waals surface area contributed by atoms with Crippen molar-refractivity contribution in [1.82, 2.24) is 4.90 Å². The van der Waals surface area contributed by atoms with E-state index in [-0.39, 0.29) is 6.54 Å². The lowest BCUT2D eigenvalue weighted by Crippen LogP contribution is -2.30. The van der Waals surface area contributed by atoms with Gasteiger partial charge in [0.2, 0.25) is 0 Å². The lowest BCUT2D eigenvalue weighted by molar-refractivity contribution is -0.143. The molecule has 0 amide bonds. The third-order valence-corrected chi connectivity index (χ3v) is 2.72. The summed E-state index contributed by atoms with van der Waals surface area (Å²) in [6, 6.07) is 3.42. The smallest absolute Gasteiger partial charge is 0.293 e. The molecule has 0 radical (unpaired) electrons. The summed E-state index contributed by atoms with van der Waals surface area (Å²) >= 11 is 6.95. The Morgan fingerprint density at radius 2 is 2.07 bits per heavy atom. The van der Waals surface area contributed by atoms with Crippen LogP contribution >= 0.6 is 22.9 Å². The van der Waals surface area contributed by atoms with Crippen molar-refractivity contribution in [3.8, 4) is 0 Å². The van der Waals surface area contributed by atoms with Gasteiger partial charge >= 0.3 is 6.18 Å². The Labute approximate surface area is 89.1 Å².